The van der Waals surface area contributed by atoms with Gasteiger partial charge in [0.1, 0.15) is 12.1 Å². The zero-order chi connectivity index (χ0) is 23.5. The van der Waals surface area contributed by atoms with Crippen LogP contribution in [-0.4, -0.2) is 34.3 Å². The summed E-state index contributed by atoms with van der Waals surface area (Å²) < 4.78 is 0. The van der Waals surface area contributed by atoms with Crippen molar-refractivity contribution in [1.82, 2.24) is 15.2 Å². The van der Waals surface area contributed by atoms with Gasteiger partial charge in [-0.15, -0.1) is 0 Å². The van der Waals surface area contributed by atoms with Crippen LogP contribution in [0.25, 0.3) is 12.2 Å². The number of aromatic nitrogens is 1. The van der Waals surface area contributed by atoms with Crippen LogP contribution in [0.2, 0.25) is 0 Å². The minimum atomic E-state index is -1.08. The molecule has 7 heteroatoms. The first-order chi connectivity index (χ1) is 16.5. The van der Waals surface area contributed by atoms with Crippen molar-refractivity contribution in [2.75, 3.05) is 11.9 Å². The van der Waals surface area contributed by atoms with Crippen molar-refractivity contribution in [2.45, 2.75) is 24.8 Å². The molecule has 2 aromatic carbocycles. The van der Waals surface area contributed by atoms with Crippen molar-refractivity contribution in [2.24, 2.45) is 0 Å². The van der Waals surface area contributed by atoms with Crippen LogP contribution in [0.5, 0.6) is 0 Å². The second-order valence-corrected chi connectivity index (χ2v) is 8.50. The van der Waals surface area contributed by atoms with Gasteiger partial charge in [0.2, 0.25) is 5.91 Å². The third kappa shape index (κ3) is 4.08. The number of fused-ring (bicyclic) bond motifs is 2. The number of amides is 4. The number of hydrogen-bond acceptors (Lipinski definition) is 4. The Labute approximate surface area is 197 Å². The van der Waals surface area contributed by atoms with Crippen LogP contribution in [-0.2, 0) is 21.5 Å². The van der Waals surface area contributed by atoms with Gasteiger partial charge in [0.25, 0.3) is 5.91 Å². The highest BCUT2D eigenvalue weighted by Crippen LogP contribution is 2.39. The van der Waals surface area contributed by atoms with Gasteiger partial charge in [-0.2, -0.15) is 0 Å². The zero-order valence-corrected chi connectivity index (χ0v) is 18.5. The quantitative estimate of drug-likeness (QED) is 0.573. The van der Waals surface area contributed by atoms with Gasteiger partial charge in [0, 0.05) is 11.9 Å². The molecule has 1 aliphatic carbocycles. The topological polar surface area (TPSA) is 91.4 Å². The summed E-state index contributed by atoms with van der Waals surface area (Å²) in [5, 5.41) is 5.67. The molecule has 2 aliphatic rings. The van der Waals surface area contributed by atoms with Gasteiger partial charge in [0.05, 0.1) is 5.69 Å². The Kier molecular flexibility index (Phi) is 5.67. The van der Waals surface area contributed by atoms with E-state index in [-0.39, 0.29) is 12.5 Å². The van der Waals surface area contributed by atoms with E-state index in [1.807, 2.05) is 72.8 Å². The van der Waals surface area contributed by atoms with Crippen molar-refractivity contribution in [3.05, 3.63) is 95.3 Å². The zero-order valence-electron chi connectivity index (χ0n) is 18.5. The third-order valence-electron chi connectivity index (χ3n) is 6.26. The Hall–Kier alpha value is -4.26. The lowest BCUT2D eigenvalue weighted by atomic mass is 9.76. The molecule has 2 heterocycles. The van der Waals surface area contributed by atoms with Crippen LogP contribution in [0.1, 0.15) is 35.2 Å². The summed E-state index contributed by atoms with van der Waals surface area (Å²) in [6.45, 7) is -0.345. The van der Waals surface area contributed by atoms with Crippen LogP contribution >= 0.6 is 0 Å². The van der Waals surface area contributed by atoms with Crippen molar-refractivity contribution in [1.29, 1.82) is 0 Å². The van der Waals surface area contributed by atoms with E-state index in [0.717, 1.165) is 40.1 Å². The Morgan fingerprint density at radius 2 is 1.91 bits per heavy atom. The van der Waals surface area contributed by atoms with Gasteiger partial charge >= 0.3 is 6.03 Å². The first kappa shape index (κ1) is 21.6. The molecule has 1 atom stereocenters. The van der Waals surface area contributed by atoms with Gasteiger partial charge in [-0.25, -0.2) is 4.79 Å². The standard InChI is InChI=1S/C27H24N4O3/c32-24(29-22-11-5-7-19(17-22)13-14-21-10-3-4-16-28-21)18-31-25(33)27(30-26(31)34)15-6-9-20-8-1-2-12-23(20)27/h1-5,7-8,10-14,16-17H,6,9,15,18H2,(H,29,32)(H,30,34)/b14-13+. The number of anilines is 1. The number of rotatable bonds is 5. The minimum absolute atomic E-state index is 0.345. The Bertz CT molecular complexity index is 1290. The molecule has 1 aromatic heterocycles. The van der Waals surface area contributed by atoms with E-state index in [2.05, 4.69) is 15.6 Å². The van der Waals surface area contributed by atoms with E-state index < -0.39 is 17.5 Å². The Morgan fingerprint density at radius 1 is 1.06 bits per heavy atom. The third-order valence-corrected chi connectivity index (χ3v) is 6.26. The molecule has 2 N–H and O–H groups in total. The van der Waals surface area contributed by atoms with Gasteiger partial charge in [-0.05, 0) is 66.3 Å². The van der Waals surface area contributed by atoms with Crippen LogP contribution in [0.15, 0.2) is 72.9 Å². The summed E-state index contributed by atoms with van der Waals surface area (Å²) in [5.74, 6) is -0.803. The molecule has 1 aliphatic heterocycles. The van der Waals surface area contributed by atoms with Crippen molar-refractivity contribution >= 4 is 35.7 Å². The lowest BCUT2D eigenvalue weighted by Gasteiger charge is -2.33. The predicted molar refractivity (Wildman–Crippen MR) is 130 cm³/mol. The Balaban J connectivity index is 1.28. The molecule has 7 nitrogen and oxygen atoms in total. The van der Waals surface area contributed by atoms with Gasteiger partial charge in [0.15, 0.2) is 0 Å². The Morgan fingerprint density at radius 3 is 2.76 bits per heavy atom. The molecule has 1 fully saturated rings. The number of aryl methyl sites for hydroxylation is 1. The number of imide groups is 1. The average molecular weight is 453 g/mol. The summed E-state index contributed by atoms with van der Waals surface area (Å²) in [7, 11) is 0. The normalized spacial score (nSPS) is 19.4. The molecule has 4 amide bonds. The maximum absolute atomic E-state index is 13.4. The number of urea groups is 1. The highest BCUT2D eigenvalue weighted by Gasteiger charge is 2.54. The molecule has 3 aromatic rings. The van der Waals surface area contributed by atoms with Gasteiger partial charge < -0.3 is 10.6 Å². The second kappa shape index (κ2) is 8.94. The smallest absolute Gasteiger partial charge is 0.325 e. The number of nitrogens with zero attached hydrogens (tertiary/aromatic N) is 2. The van der Waals surface area contributed by atoms with Crippen LogP contribution in [0.3, 0.4) is 0 Å². The van der Waals surface area contributed by atoms with E-state index >= 15 is 0 Å². The minimum Gasteiger partial charge on any atom is -0.325 e. The predicted octanol–water partition coefficient (Wildman–Crippen LogP) is 3.97. The van der Waals surface area contributed by atoms with Crippen LogP contribution in [0.4, 0.5) is 10.5 Å². The molecule has 1 unspecified atom stereocenters. The van der Waals surface area contributed by atoms with Gasteiger partial charge in [-0.1, -0.05) is 48.5 Å². The molecule has 34 heavy (non-hydrogen) atoms. The highest BCUT2D eigenvalue weighted by molar-refractivity contribution is 6.10. The van der Waals surface area contributed by atoms with E-state index in [1.54, 1.807) is 12.3 Å². The fourth-order valence-electron chi connectivity index (χ4n) is 4.68. The maximum atomic E-state index is 13.4. The molecule has 170 valence electrons. The largest absolute Gasteiger partial charge is 0.325 e. The molecule has 0 bridgehead atoms. The number of carbonyl (C=O) groups excluding carboxylic acids is 3. The summed E-state index contributed by atoms with van der Waals surface area (Å²) in [5.41, 5.74) is 3.10. The highest BCUT2D eigenvalue weighted by atomic mass is 16.2. The molecule has 0 radical (unpaired) electrons. The number of hydrogen-bond donors (Lipinski definition) is 2. The van der Waals surface area contributed by atoms with E-state index in [4.69, 9.17) is 0 Å². The first-order valence-corrected chi connectivity index (χ1v) is 11.3. The summed E-state index contributed by atoms with van der Waals surface area (Å²) in [6, 6.07) is 20.1. The van der Waals surface area contributed by atoms with Gasteiger partial charge in [-0.3, -0.25) is 19.5 Å². The molecule has 0 saturated carbocycles. The van der Waals surface area contributed by atoms with Crippen molar-refractivity contribution in [3.63, 3.8) is 0 Å². The SMILES string of the molecule is O=C(CN1C(=O)NC2(CCCc3ccccc32)C1=O)Nc1cccc(/C=C/c2ccccn2)c1. The lowest BCUT2D eigenvalue weighted by Crippen LogP contribution is -2.47. The fraction of sp³-hybridized carbons (Fsp3) is 0.185. The molecular formula is C27H24N4O3. The summed E-state index contributed by atoms with van der Waals surface area (Å²) >= 11 is 0. The number of nitrogens with one attached hydrogen (secondary N) is 2. The molecule has 5 rings (SSSR count). The average Bonchev–Trinajstić information content (AvgIpc) is 3.08. The summed E-state index contributed by atoms with van der Waals surface area (Å²) in [6.07, 6.45) is 7.70. The monoisotopic (exact) mass is 452 g/mol. The van der Waals surface area contributed by atoms with Crippen LogP contribution in [0, 0.1) is 0 Å². The molecular weight excluding hydrogens is 428 g/mol. The van der Waals surface area contributed by atoms with Crippen molar-refractivity contribution in [3.8, 4) is 0 Å². The number of carbonyl (C=O) groups is 3. The molecule has 1 spiro atoms. The summed E-state index contributed by atoms with van der Waals surface area (Å²) in [4.78, 5) is 44.1. The second-order valence-electron chi connectivity index (χ2n) is 8.50. The fourth-order valence-corrected chi connectivity index (χ4v) is 4.68. The first-order valence-electron chi connectivity index (χ1n) is 11.3. The van der Waals surface area contributed by atoms with Crippen LogP contribution < -0.4 is 10.6 Å². The van der Waals surface area contributed by atoms with E-state index in [9.17, 15) is 14.4 Å². The maximum Gasteiger partial charge on any atom is 0.325 e. The van der Waals surface area contributed by atoms with E-state index in [1.165, 1.54) is 0 Å². The number of benzene rings is 2. The lowest BCUT2D eigenvalue weighted by molar-refractivity contribution is -0.134. The molecule has 1 saturated heterocycles. The number of pyridine rings is 1. The van der Waals surface area contributed by atoms with E-state index in [0.29, 0.717) is 12.1 Å². The van der Waals surface area contributed by atoms with Crippen molar-refractivity contribution < 1.29 is 14.4 Å².